The Bertz CT molecular complexity index is 724. The maximum Gasteiger partial charge on any atom is 0.221 e. The molecule has 2 saturated heterocycles. The molecule has 2 aliphatic heterocycles. The van der Waals surface area contributed by atoms with Gasteiger partial charge in [-0.05, 0) is 48.8 Å². The van der Waals surface area contributed by atoms with E-state index in [0.29, 0.717) is 17.3 Å². The van der Waals surface area contributed by atoms with Crippen LogP contribution >= 0.6 is 0 Å². The third kappa shape index (κ3) is 3.54. The summed E-state index contributed by atoms with van der Waals surface area (Å²) in [6, 6.07) is 13.0. The number of aromatic nitrogens is 2. The molecule has 2 aromatic rings. The van der Waals surface area contributed by atoms with Crippen LogP contribution in [0.4, 0.5) is 11.8 Å². The number of likely N-dealkylation sites (tertiary alicyclic amines) is 1. The van der Waals surface area contributed by atoms with Gasteiger partial charge in [0.15, 0.2) is 0 Å². The van der Waals surface area contributed by atoms with Gasteiger partial charge >= 0.3 is 0 Å². The number of rotatable bonds is 3. The third-order valence-corrected chi connectivity index (χ3v) is 6.24. The number of piperidine rings is 2. The molecule has 1 aromatic carbocycles. The molecule has 0 bridgehead atoms. The highest BCUT2D eigenvalue weighted by molar-refractivity contribution is 5.41. The third-order valence-electron chi connectivity index (χ3n) is 6.24. The van der Waals surface area contributed by atoms with Gasteiger partial charge in [0.2, 0.25) is 5.95 Å². The van der Waals surface area contributed by atoms with Gasteiger partial charge in [0, 0.05) is 32.4 Å². The first-order chi connectivity index (χ1) is 12.7. The van der Waals surface area contributed by atoms with Crippen LogP contribution in [0.15, 0.2) is 42.6 Å². The lowest BCUT2D eigenvalue weighted by Crippen LogP contribution is -2.51. The lowest BCUT2D eigenvalue weighted by molar-refractivity contribution is 0.0543. The van der Waals surface area contributed by atoms with E-state index in [4.69, 9.17) is 5.73 Å². The predicted molar refractivity (Wildman–Crippen MR) is 106 cm³/mol. The van der Waals surface area contributed by atoms with Crippen LogP contribution in [0.5, 0.6) is 0 Å². The van der Waals surface area contributed by atoms with Crippen LogP contribution < -0.4 is 10.6 Å². The van der Waals surface area contributed by atoms with Gasteiger partial charge in [-0.25, -0.2) is 4.98 Å². The molecule has 2 aliphatic rings. The van der Waals surface area contributed by atoms with Crippen molar-refractivity contribution in [2.75, 3.05) is 43.4 Å². The number of hydrogen-bond donors (Lipinski definition) is 1. The normalized spacial score (nSPS) is 23.3. The van der Waals surface area contributed by atoms with E-state index in [1.165, 1.54) is 37.9 Å². The highest BCUT2D eigenvalue weighted by Gasteiger charge is 2.42. The van der Waals surface area contributed by atoms with Crippen molar-refractivity contribution in [1.82, 2.24) is 14.9 Å². The summed E-state index contributed by atoms with van der Waals surface area (Å²) in [4.78, 5) is 13.4. The van der Waals surface area contributed by atoms with Crippen LogP contribution in [0.3, 0.4) is 0 Å². The van der Waals surface area contributed by atoms with Gasteiger partial charge in [-0.2, -0.15) is 4.98 Å². The Kier molecular flexibility index (Phi) is 4.81. The van der Waals surface area contributed by atoms with E-state index < -0.39 is 0 Å². The van der Waals surface area contributed by atoms with Gasteiger partial charge in [-0.3, -0.25) is 0 Å². The summed E-state index contributed by atoms with van der Waals surface area (Å²) in [6.07, 6.45) is 5.49. The van der Waals surface area contributed by atoms with E-state index in [-0.39, 0.29) is 0 Å². The summed E-state index contributed by atoms with van der Waals surface area (Å²) in [5.74, 6) is 1.98. The number of nitrogens with zero attached hydrogens (tertiary/aromatic N) is 4. The largest absolute Gasteiger partial charge is 0.368 e. The summed E-state index contributed by atoms with van der Waals surface area (Å²) >= 11 is 0. The molecule has 0 unspecified atom stereocenters. The summed E-state index contributed by atoms with van der Waals surface area (Å²) in [5, 5.41) is 0. The molecule has 1 aromatic heterocycles. The lowest BCUT2D eigenvalue weighted by atomic mass is 9.68. The summed E-state index contributed by atoms with van der Waals surface area (Å²) < 4.78 is 0. The highest BCUT2D eigenvalue weighted by atomic mass is 15.2. The van der Waals surface area contributed by atoms with E-state index >= 15 is 0 Å². The van der Waals surface area contributed by atoms with Crippen molar-refractivity contribution in [1.29, 1.82) is 0 Å². The smallest absolute Gasteiger partial charge is 0.221 e. The van der Waals surface area contributed by atoms with Crippen LogP contribution in [0, 0.1) is 5.41 Å². The van der Waals surface area contributed by atoms with Gasteiger partial charge in [-0.15, -0.1) is 0 Å². The van der Waals surface area contributed by atoms with Gasteiger partial charge in [0.05, 0.1) is 0 Å². The van der Waals surface area contributed by atoms with Gasteiger partial charge in [-0.1, -0.05) is 37.3 Å². The summed E-state index contributed by atoms with van der Waals surface area (Å²) in [5.41, 5.74) is 7.68. The molecule has 3 heterocycles. The zero-order valence-corrected chi connectivity index (χ0v) is 15.6. The Morgan fingerprint density at radius 1 is 1.15 bits per heavy atom. The first-order valence-electron chi connectivity index (χ1n) is 9.78. The molecule has 5 heteroatoms. The topological polar surface area (TPSA) is 58.3 Å². The zero-order chi connectivity index (χ0) is 18.0. The van der Waals surface area contributed by atoms with E-state index in [2.05, 4.69) is 57.0 Å². The number of hydrogen-bond acceptors (Lipinski definition) is 5. The molecule has 26 heavy (non-hydrogen) atoms. The molecular formula is C21H29N5. The van der Waals surface area contributed by atoms with Crippen LogP contribution in [-0.4, -0.2) is 47.6 Å². The molecule has 1 spiro atoms. The fourth-order valence-corrected chi connectivity index (χ4v) is 4.80. The summed E-state index contributed by atoms with van der Waals surface area (Å²) in [7, 11) is 0. The minimum Gasteiger partial charge on any atom is -0.368 e. The molecule has 0 amide bonds. The molecule has 0 radical (unpaired) electrons. The standard InChI is InChI=1S/C21H29N5/c1-2-25-15-18(17-6-4-3-5-7-17)14-21(16-25)9-12-26(13-10-21)19-8-11-23-20(22)24-19/h3-8,11,18H,2,9-10,12-16H2,1H3,(H2,22,23,24)/t18-/m1/s1. The predicted octanol–water partition coefficient (Wildman–Crippen LogP) is 3.15. The minimum atomic E-state index is 0.363. The molecule has 1 atom stereocenters. The molecule has 2 fully saturated rings. The van der Waals surface area contributed by atoms with Crippen molar-refractivity contribution >= 4 is 11.8 Å². The fraction of sp³-hybridized carbons (Fsp3) is 0.524. The van der Waals surface area contributed by atoms with Gasteiger partial charge in [0.1, 0.15) is 5.82 Å². The second-order valence-corrected chi connectivity index (χ2v) is 7.90. The van der Waals surface area contributed by atoms with Crippen molar-refractivity contribution < 1.29 is 0 Å². The maximum atomic E-state index is 5.76. The van der Waals surface area contributed by atoms with Crippen molar-refractivity contribution in [2.45, 2.75) is 32.1 Å². The van der Waals surface area contributed by atoms with E-state index in [1.807, 2.05) is 6.07 Å². The Hall–Kier alpha value is -2.14. The maximum absolute atomic E-state index is 5.76. The molecule has 2 N–H and O–H groups in total. The number of benzene rings is 1. The van der Waals surface area contributed by atoms with Crippen molar-refractivity contribution in [3.05, 3.63) is 48.2 Å². The minimum absolute atomic E-state index is 0.363. The van der Waals surface area contributed by atoms with E-state index in [0.717, 1.165) is 25.5 Å². The summed E-state index contributed by atoms with van der Waals surface area (Å²) in [6.45, 7) is 7.95. The number of likely N-dealkylation sites (N-methyl/N-ethyl adjacent to an activating group) is 1. The molecule has 138 valence electrons. The monoisotopic (exact) mass is 351 g/mol. The Morgan fingerprint density at radius 2 is 1.92 bits per heavy atom. The molecular weight excluding hydrogens is 322 g/mol. The van der Waals surface area contributed by atoms with Crippen molar-refractivity contribution in [2.24, 2.45) is 5.41 Å². The molecule has 5 nitrogen and oxygen atoms in total. The molecule has 0 saturated carbocycles. The van der Waals surface area contributed by atoms with Crippen LogP contribution in [0.2, 0.25) is 0 Å². The first kappa shape index (κ1) is 17.3. The van der Waals surface area contributed by atoms with Crippen LogP contribution in [0.1, 0.15) is 37.7 Å². The van der Waals surface area contributed by atoms with E-state index in [1.54, 1.807) is 6.20 Å². The first-order valence-corrected chi connectivity index (χ1v) is 9.78. The average Bonchev–Trinajstić information content (AvgIpc) is 2.69. The molecule has 4 rings (SSSR count). The number of nitrogen functional groups attached to an aromatic ring is 1. The Labute approximate surface area is 156 Å². The SMILES string of the molecule is CCN1C[C@H](c2ccccc2)CC2(CCN(c3ccnc(N)n3)CC2)C1. The second kappa shape index (κ2) is 7.23. The van der Waals surface area contributed by atoms with Gasteiger partial charge in [0.25, 0.3) is 0 Å². The number of nitrogens with two attached hydrogens (primary N) is 1. The van der Waals surface area contributed by atoms with Gasteiger partial charge < -0.3 is 15.5 Å². The second-order valence-electron chi connectivity index (χ2n) is 7.90. The Morgan fingerprint density at radius 3 is 2.62 bits per heavy atom. The average molecular weight is 351 g/mol. The van der Waals surface area contributed by atoms with Crippen LogP contribution in [-0.2, 0) is 0 Å². The quantitative estimate of drug-likeness (QED) is 0.920. The lowest BCUT2D eigenvalue weighted by Gasteiger charge is -2.50. The van der Waals surface area contributed by atoms with Crippen molar-refractivity contribution in [3.63, 3.8) is 0 Å². The van der Waals surface area contributed by atoms with E-state index in [9.17, 15) is 0 Å². The fourth-order valence-electron chi connectivity index (χ4n) is 4.80. The van der Waals surface area contributed by atoms with Crippen molar-refractivity contribution in [3.8, 4) is 0 Å². The number of anilines is 2. The zero-order valence-electron chi connectivity index (χ0n) is 15.6. The highest BCUT2D eigenvalue weighted by Crippen LogP contribution is 2.45. The Balaban J connectivity index is 1.49. The van der Waals surface area contributed by atoms with Crippen LogP contribution in [0.25, 0.3) is 0 Å². The molecule has 0 aliphatic carbocycles.